The van der Waals surface area contributed by atoms with Crippen LogP contribution in [-0.2, 0) is 0 Å². The van der Waals surface area contributed by atoms with E-state index in [1.54, 1.807) is 0 Å². The zero-order valence-electron chi connectivity index (χ0n) is 32.4. The van der Waals surface area contributed by atoms with Crippen molar-refractivity contribution in [1.82, 2.24) is 19.1 Å². The zero-order valence-corrected chi connectivity index (χ0v) is 32.4. The van der Waals surface area contributed by atoms with Crippen molar-refractivity contribution >= 4 is 21.8 Å². The molecule has 2 aliphatic carbocycles. The molecule has 2 aliphatic rings. The topological polar surface area (TPSA) is 35.6 Å². The molecule has 60 heavy (non-hydrogen) atoms. The first-order valence-corrected chi connectivity index (χ1v) is 20.5. The fourth-order valence-electron chi connectivity index (χ4n) is 9.99. The van der Waals surface area contributed by atoms with Crippen LogP contribution in [0.2, 0.25) is 0 Å². The maximum absolute atomic E-state index is 4.94. The van der Waals surface area contributed by atoms with Crippen molar-refractivity contribution in [2.75, 3.05) is 0 Å². The highest BCUT2D eigenvalue weighted by Gasteiger charge is 2.27. The van der Waals surface area contributed by atoms with Crippen molar-refractivity contribution in [1.29, 1.82) is 0 Å². The fourth-order valence-corrected chi connectivity index (χ4v) is 9.99. The molecule has 0 spiro atoms. The summed E-state index contributed by atoms with van der Waals surface area (Å²) in [6.07, 6.45) is 8.31. The van der Waals surface area contributed by atoms with Crippen LogP contribution in [0.15, 0.2) is 207 Å². The smallest absolute Gasteiger partial charge is 0.0971 e. The average molecular weight is 763 g/mol. The molecule has 0 atom stereocenters. The lowest BCUT2D eigenvalue weighted by molar-refractivity contribution is 1.08. The highest BCUT2D eigenvalue weighted by Crippen LogP contribution is 2.50. The van der Waals surface area contributed by atoms with Crippen molar-refractivity contribution in [2.45, 2.75) is 0 Å². The summed E-state index contributed by atoms with van der Waals surface area (Å²) in [4.78, 5) is 9.83. The number of nitrogens with zero attached hydrogens (tertiary/aromatic N) is 4. The quantitative estimate of drug-likeness (QED) is 0.176. The number of fused-ring (bicyclic) bond motifs is 19. The molecule has 4 nitrogen and oxygen atoms in total. The van der Waals surface area contributed by atoms with Gasteiger partial charge in [-0.15, -0.1) is 0 Å². The minimum atomic E-state index is 0.893. The lowest BCUT2D eigenvalue weighted by Gasteiger charge is -2.24. The summed E-state index contributed by atoms with van der Waals surface area (Å²) in [5, 5.41) is 2.52. The predicted molar refractivity (Wildman–Crippen MR) is 246 cm³/mol. The van der Waals surface area contributed by atoms with E-state index in [9.17, 15) is 0 Å². The summed E-state index contributed by atoms with van der Waals surface area (Å²) in [6.45, 7) is 0. The molecule has 0 N–H and O–H groups in total. The van der Waals surface area contributed by atoms with Crippen LogP contribution in [0, 0.1) is 0 Å². The molecule has 4 aromatic heterocycles. The molecule has 4 heterocycles. The SMILES string of the molecule is c1ccc2c(c1)-c1ccccc1-c1cc(-n3c4ccccc4c4ccccc43)ccc1-c1ccc(-n3cc4c(c3)-c3cccnc3-c3ncccc3-c3ccccc3-4)cc1-2. The molecule has 0 saturated carbocycles. The first-order valence-electron chi connectivity index (χ1n) is 20.5. The largest absolute Gasteiger partial charge is 0.323 e. The van der Waals surface area contributed by atoms with E-state index in [2.05, 4.69) is 191 Å². The molecule has 0 bridgehead atoms. The van der Waals surface area contributed by atoms with Gasteiger partial charge in [0.15, 0.2) is 0 Å². The monoisotopic (exact) mass is 762 g/mol. The number of benzene rings is 7. The molecule has 0 unspecified atom stereocenters. The van der Waals surface area contributed by atoms with Crippen molar-refractivity contribution < 1.29 is 0 Å². The van der Waals surface area contributed by atoms with E-state index in [0.29, 0.717) is 0 Å². The molecule has 0 radical (unpaired) electrons. The molecule has 4 heteroatoms. The van der Waals surface area contributed by atoms with Crippen molar-refractivity contribution in [2.24, 2.45) is 0 Å². The van der Waals surface area contributed by atoms with Crippen LogP contribution in [0.5, 0.6) is 0 Å². The summed E-state index contributed by atoms with van der Waals surface area (Å²) in [5.41, 5.74) is 22.9. The zero-order chi connectivity index (χ0) is 39.3. The molecule has 11 aromatic rings. The average Bonchev–Trinajstić information content (AvgIpc) is 3.91. The number of aromatic nitrogens is 4. The van der Waals surface area contributed by atoms with E-state index in [4.69, 9.17) is 9.97 Å². The summed E-state index contributed by atoms with van der Waals surface area (Å²) < 4.78 is 4.71. The van der Waals surface area contributed by atoms with Gasteiger partial charge in [-0.2, -0.15) is 0 Å². The van der Waals surface area contributed by atoms with Crippen molar-refractivity contribution in [3.05, 3.63) is 207 Å². The van der Waals surface area contributed by atoms with Gasteiger partial charge in [0.2, 0.25) is 0 Å². The van der Waals surface area contributed by atoms with Crippen LogP contribution in [-0.4, -0.2) is 19.1 Å². The third kappa shape index (κ3) is 4.73. The molecule has 0 saturated heterocycles. The van der Waals surface area contributed by atoms with E-state index in [1.165, 1.54) is 77.4 Å². The van der Waals surface area contributed by atoms with Gasteiger partial charge < -0.3 is 9.13 Å². The van der Waals surface area contributed by atoms with Gasteiger partial charge in [-0.05, 0) is 104 Å². The Morgan fingerprint density at radius 1 is 0.283 bits per heavy atom. The second kappa shape index (κ2) is 12.7. The normalized spacial score (nSPS) is 12.0. The Morgan fingerprint density at radius 2 is 0.650 bits per heavy atom. The Kier molecular flexibility index (Phi) is 6.98. The predicted octanol–water partition coefficient (Wildman–Crippen LogP) is 14.3. The molecule has 0 aliphatic heterocycles. The van der Waals surface area contributed by atoms with Crippen molar-refractivity contribution in [3.8, 4) is 101 Å². The number of hydrogen-bond donors (Lipinski definition) is 0. The first-order chi connectivity index (χ1) is 29.8. The molecule has 0 fully saturated rings. The highest BCUT2D eigenvalue weighted by atomic mass is 15.0. The maximum atomic E-state index is 4.94. The Morgan fingerprint density at radius 3 is 1.20 bits per heavy atom. The fraction of sp³-hybridized carbons (Fsp3) is 0. The van der Waals surface area contributed by atoms with E-state index >= 15 is 0 Å². The standard InChI is InChI=1S/C56H34N4/c1-4-16-40-37(13-1)38-14-2-5-17-41(38)50-32-36(60-53-23-9-7-19-45(53)46-20-8-10-24-54(46)60)26-28-44(50)43-27-25-35(31-49(40)43)59-33-51-42-18-6-3-15-39(42)47-21-11-29-57-55(47)56-48(52(51)34-59)22-12-30-58-56/h1-34H. The lowest BCUT2D eigenvalue weighted by atomic mass is 9.80. The van der Waals surface area contributed by atoms with Gasteiger partial charge in [-0.25, -0.2) is 0 Å². The molecule has 278 valence electrons. The summed E-state index contributed by atoms with van der Waals surface area (Å²) >= 11 is 0. The Hall–Kier alpha value is -8.08. The lowest BCUT2D eigenvalue weighted by Crippen LogP contribution is -2.01. The van der Waals surface area contributed by atoms with E-state index in [-0.39, 0.29) is 0 Å². The van der Waals surface area contributed by atoms with Gasteiger partial charge in [0.1, 0.15) is 0 Å². The second-order valence-electron chi connectivity index (χ2n) is 15.8. The summed E-state index contributed by atoms with van der Waals surface area (Å²) in [7, 11) is 0. The number of pyridine rings is 2. The van der Waals surface area contributed by atoms with E-state index in [0.717, 1.165) is 45.0 Å². The van der Waals surface area contributed by atoms with Crippen molar-refractivity contribution in [3.63, 3.8) is 0 Å². The van der Waals surface area contributed by atoms with Crippen LogP contribution in [0.25, 0.3) is 122 Å². The number of para-hydroxylation sites is 2. The molecule has 13 rings (SSSR count). The Balaban J connectivity index is 1.05. The van der Waals surface area contributed by atoms with Gasteiger partial charge in [-0.1, -0.05) is 133 Å². The van der Waals surface area contributed by atoms with Crippen LogP contribution in [0.4, 0.5) is 0 Å². The van der Waals surface area contributed by atoms with Gasteiger partial charge >= 0.3 is 0 Å². The van der Waals surface area contributed by atoms with Gasteiger partial charge in [0.05, 0.1) is 22.4 Å². The summed E-state index contributed by atoms with van der Waals surface area (Å²) in [6, 6.07) is 66.4. The van der Waals surface area contributed by atoms with Crippen LogP contribution >= 0.6 is 0 Å². The second-order valence-corrected chi connectivity index (χ2v) is 15.8. The third-order valence-electron chi connectivity index (χ3n) is 12.6. The minimum absolute atomic E-state index is 0.893. The van der Waals surface area contributed by atoms with E-state index in [1.807, 2.05) is 24.5 Å². The van der Waals surface area contributed by atoms with E-state index < -0.39 is 0 Å². The number of rotatable bonds is 2. The van der Waals surface area contributed by atoms with Crippen LogP contribution < -0.4 is 0 Å². The molecule has 7 aromatic carbocycles. The highest BCUT2D eigenvalue weighted by molar-refractivity contribution is 6.10. The third-order valence-corrected chi connectivity index (χ3v) is 12.6. The van der Waals surface area contributed by atoms with Gasteiger partial charge in [0, 0.05) is 69.2 Å². The number of hydrogen-bond acceptors (Lipinski definition) is 2. The molecule has 0 amide bonds. The summed E-state index contributed by atoms with van der Waals surface area (Å²) in [5.74, 6) is 0. The molecular weight excluding hydrogens is 729 g/mol. The maximum Gasteiger partial charge on any atom is 0.0971 e. The Labute approximate surface area is 347 Å². The van der Waals surface area contributed by atoms with Crippen LogP contribution in [0.1, 0.15) is 0 Å². The minimum Gasteiger partial charge on any atom is -0.323 e. The van der Waals surface area contributed by atoms with Crippen LogP contribution in [0.3, 0.4) is 0 Å². The molecular formula is C56H34N4. The first kappa shape index (κ1) is 32.9. The van der Waals surface area contributed by atoms with Gasteiger partial charge in [0.25, 0.3) is 0 Å². The Bertz CT molecular complexity index is 3430. The van der Waals surface area contributed by atoms with Gasteiger partial charge in [-0.3, -0.25) is 9.97 Å².